The van der Waals surface area contributed by atoms with E-state index in [0.717, 1.165) is 11.1 Å². The number of pyridine rings is 1. The van der Waals surface area contributed by atoms with E-state index >= 15 is 0 Å². The van der Waals surface area contributed by atoms with Gasteiger partial charge in [-0.1, -0.05) is 17.7 Å². The molecule has 2 N–H and O–H groups in total. The van der Waals surface area contributed by atoms with Gasteiger partial charge in [0.05, 0.1) is 11.4 Å². The predicted octanol–water partition coefficient (Wildman–Crippen LogP) is 1.98. The molecule has 1 heterocycles. The molecule has 6 heteroatoms. The van der Waals surface area contributed by atoms with Gasteiger partial charge < -0.3 is 5.73 Å². The minimum absolute atomic E-state index is 0.0795. The molecule has 0 atom stereocenters. The Balaban J connectivity index is 2.53. The molecule has 0 saturated carbocycles. The molecule has 0 aliphatic carbocycles. The van der Waals surface area contributed by atoms with Crippen molar-refractivity contribution in [1.29, 1.82) is 0 Å². The average Bonchev–Trinajstić information content (AvgIpc) is 2.46. The normalized spacial score (nSPS) is 11.4. The quantitative estimate of drug-likeness (QED) is 0.937. The SMILES string of the molecule is Cc1ccc(N(C)S(=O)(=O)c2cccnc2CN)c(C)c1. The lowest BCUT2D eigenvalue weighted by atomic mass is 10.1. The van der Waals surface area contributed by atoms with Gasteiger partial charge in [-0.3, -0.25) is 9.29 Å². The van der Waals surface area contributed by atoms with Crippen molar-refractivity contribution in [3.63, 3.8) is 0 Å². The van der Waals surface area contributed by atoms with Gasteiger partial charge >= 0.3 is 0 Å². The first-order chi connectivity index (χ1) is 9.87. The number of nitrogens with zero attached hydrogens (tertiary/aromatic N) is 2. The molecule has 0 fully saturated rings. The first kappa shape index (κ1) is 15.5. The van der Waals surface area contributed by atoms with Crippen LogP contribution in [0.1, 0.15) is 16.8 Å². The van der Waals surface area contributed by atoms with Crippen LogP contribution in [-0.2, 0) is 16.6 Å². The summed E-state index contributed by atoms with van der Waals surface area (Å²) in [5.74, 6) is 0. The maximum atomic E-state index is 12.8. The van der Waals surface area contributed by atoms with Gasteiger partial charge in [0, 0.05) is 19.8 Å². The van der Waals surface area contributed by atoms with Crippen LogP contribution in [0, 0.1) is 13.8 Å². The van der Waals surface area contributed by atoms with Crippen LogP contribution >= 0.6 is 0 Å². The lowest BCUT2D eigenvalue weighted by Gasteiger charge is -2.22. The molecule has 2 rings (SSSR count). The van der Waals surface area contributed by atoms with Gasteiger partial charge in [0.25, 0.3) is 10.0 Å². The summed E-state index contributed by atoms with van der Waals surface area (Å²) in [7, 11) is -2.14. The maximum absolute atomic E-state index is 12.8. The molecule has 0 saturated heterocycles. The van der Waals surface area contributed by atoms with Crippen LogP contribution in [0.5, 0.6) is 0 Å². The number of sulfonamides is 1. The number of benzene rings is 1. The Morgan fingerprint density at radius 2 is 1.95 bits per heavy atom. The van der Waals surface area contributed by atoms with Gasteiger partial charge in [-0.25, -0.2) is 8.42 Å². The van der Waals surface area contributed by atoms with Crippen LogP contribution in [0.4, 0.5) is 5.69 Å². The van der Waals surface area contributed by atoms with Crippen molar-refractivity contribution in [2.24, 2.45) is 5.73 Å². The Kier molecular flexibility index (Phi) is 4.29. The molecule has 0 aliphatic rings. The zero-order valence-electron chi connectivity index (χ0n) is 12.4. The fourth-order valence-corrected chi connectivity index (χ4v) is 3.69. The molecule has 0 amide bonds. The number of nitrogens with two attached hydrogens (primary N) is 1. The van der Waals surface area contributed by atoms with Gasteiger partial charge in [-0.2, -0.15) is 0 Å². The number of anilines is 1. The van der Waals surface area contributed by atoms with Crippen molar-refractivity contribution in [2.75, 3.05) is 11.4 Å². The maximum Gasteiger partial charge on any atom is 0.265 e. The summed E-state index contributed by atoms with van der Waals surface area (Å²) < 4.78 is 26.8. The van der Waals surface area contributed by atoms with Crippen molar-refractivity contribution < 1.29 is 8.42 Å². The van der Waals surface area contributed by atoms with E-state index in [1.54, 1.807) is 25.4 Å². The van der Waals surface area contributed by atoms with Gasteiger partial charge in [0.1, 0.15) is 4.90 Å². The van der Waals surface area contributed by atoms with Crippen LogP contribution in [0.3, 0.4) is 0 Å². The van der Waals surface area contributed by atoms with E-state index in [-0.39, 0.29) is 11.4 Å². The summed E-state index contributed by atoms with van der Waals surface area (Å²) in [5, 5.41) is 0. The lowest BCUT2D eigenvalue weighted by Crippen LogP contribution is -2.28. The number of rotatable bonds is 4. The highest BCUT2D eigenvalue weighted by Crippen LogP contribution is 2.26. The molecular weight excluding hydrogens is 286 g/mol. The van der Waals surface area contributed by atoms with Gasteiger partial charge in [0.2, 0.25) is 0 Å². The van der Waals surface area contributed by atoms with Crippen molar-refractivity contribution in [2.45, 2.75) is 25.3 Å². The second kappa shape index (κ2) is 5.83. The fraction of sp³-hybridized carbons (Fsp3) is 0.267. The molecule has 1 aromatic heterocycles. The summed E-state index contributed by atoms with van der Waals surface area (Å²) in [5.41, 5.74) is 8.60. The van der Waals surface area contributed by atoms with Crippen LogP contribution < -0.4 is 10.0 Å². The highest BCUT2D eigenvalue weighted by Gasteiger charge is 2.25. The van der Waals surface area contributed by atoms with E-state index in [2.05, 4.69) is 4.98 Å². The van der Waals surface area contributed by atoms with E-state index in [0.29, 0.717) is 11.4 Å². The molecule has 5 nitrogen and oxygen atoms in total. The van der Waals surface area contributed by atoms with E-state index in [1.807, 2.05) is 26.0 Å². The second-order valence-corrected chi connectivity index (χ2v) is 6.85. The predicted molar refractivity (Wildman–Crippen MR) is 83.6 cm³/mol. The zero-order chi connectivity index (χ0) is 15.6. The molecule has 0 unspecified atom stereocenters. The standard InChI is InChI=1S/C15H19N3O2S/c1-11-6-7-14(12(2)9-11)18(3)21(19,20)15-5-4-8-17-13(15)10-16/h4-9H,10,16H2,1-3H3. The molecule has 1 aromatic carbocycles. The number of aromatic nitrogens is 1. The number of hydrogen-bond donors (Lipinski definition) is 1. The van der Waals surface area contributed by atoms with E-state index in [1.165, 1.54) is 10.4 Å². The Labute approximate surface area is 125 Å². The van der Waals surface area contributed by atoms with Gasteiger partial charge in [-0.15, -0.1) is 0 Å². The summed E-state index contributed by atoms with van der Waals surface area (Å²) >= 11 is 0. The van der Waals surface area contributed by atoms with Crippen molar-refractivity contribution in [1.82, 2.24) is 4.98 Å². The van der Waals surface area contributed by atoms with Crippen LogP contribution in [-0.4, -0.2) is 20.4 Å². The first-order valence-corrected chi connectivity index (χ1v) is 8.02. The highest BCUT2D eigenvalue weighted by atomic mass is 32.2. The number of aryl methyl sites for hydroxylation is 2. The molecule has 112 valence electrons. The van der Waals surface area contributed by atoms with Crippen LogP contribution in [0.2, 0.25) is 0 Å². The molecular formula is C15H19N3O2S. The van der Waals surface area contributed by atoms with Crippen LogP contribution in [0.15, 0.2) is 41.4 Å². The monoisotopic (exact) mass is 305 g/mol. The van der Waals surface area contributed by atoms with Gasteiger partial charge in [-0.05, 0) is 37.6 Å². The topological polar surface area (TPSA) is 76.3 Å². The summed E-state index contributed by atoms with van der Waals surface area (Å²) in [6, 6.07) is 8.78. The highest BCUT2D eigenvalue weighted by molar-refractivity contribution is 7.92. The second-order valence-electron chi connectivity index (χ2n) is 4.91. The minimum atomic E-state index is -3.68. The molecule has 21 heavy (non-hydrogen) atoms. The summed E-state index contributed by atoms with van der Waals surface area (Å²) in [4.78, 5) is 4.19. The van der Waals surface area contributed by atoms with Crippen molar-refractivity contribution in [3.8, 4) is 0 Å². The molecule has 0 bridgehead atoms. The molecule has 0 aliphatic heterocycles. The van der Waals surface area contributed by atoms with Crippen molar-refractivity contribution in [3.05, 3.63) is 53.3 Å². The lowest BCUT2D eigenvalue weighted by molar-refractivity contribution is 0.592. The first-order valence-electron chi connectivity index (χ1n) is 6.58. The molecule has 2 aromatic rings. The number of hydrogen-bond acceptors (Lipinski definition) is 4. The zero-order valence-corrected chi connectivity index (χ0v) is 13.2. The van der Waals surface area contributed by atoms with Crippen LogP contribution in [0.25, 0.3) is 0 Å². The Bertz CT molecular complexity index is 757. The Morgan fingerprint density at radius 1 is 1.24 bits per heavy atom. The molecule has 0 spiro atoms. The minimum Gasteiger partial charge on any atom is -0.325 e. The smallest absolute Gasteiger partial charge is 0.265 e. The van der Waals surface area contributed by atoms with Crippen molar-refractivity contribution >= 4 is 15.7 Å². The third-order valence-electron chi connectivity index (χ3n) is 3.37. The average molecular weight is 305 g/mol. The summed E-state index contributed by atoms with van der Waals surface area (Å²) in [6.45, 7) is 3.94. The Morgan fingerprint density at radius 3 is 2.57 bits per heavy atom. The van der Waals surface area contributed by atoms with E-state index < -0.39 is 10.0 Å². The molecule has 0 radical (unpaired) electrons. The largest absolute Gasteiger partial charge is 0.325 e. The third kappa shape index (κ3) is 2.91. The third-order valence-corrected chi connectivity index (χ3v) is 5.22. The Hall–Kier alpha value is -1.92. The summed E-state index contributed by atoms with van der Waals surface area (Å²) in [6.07, 6.45) is 1.54. The van der Waals surface area contributed by atoms with E-state index in [4.69, 9.17) is 5.73 Å². The van der Waals surface area contributed by atoms with E-state index in [9.17, 15) is 8.42 Å². The van der Waals surface area contributed by atoms with Gasteiger partial charge in [0.15, 0.2) is 0 Å². The fourth-order valence-electron chi connectivity index (χ4n) is 2.25.